The van der Waals surface area contributed by atoms with E-state index in [0.29, 0.717) is 5.69 Å². The number of para-hydroxylation sites is 1. The summed E-state index contributed by atoms with van der Waals surface area (Å²) in [6, 6.07) is 3.28. The molecule has 6 nitrogen and oxygen atoms in total. The molecule has 1 amide bonds. The second-order valence-corrected chi connectivity index (χ2v) is 3.71. The molecule has 1 heterocycles. The molecule has 2 aromatic rings. The number of amides is 1. The normalized spacial score (nSPS) is 10.5. The molecule has 0 unspecified atom stereocenters. The maximum absolute atomic E-state index is 13.3. The Hall–Kier alpha value is -2.35. The Balaban J connectivity index is 2.05. The van der Waals surface area contributed by atoms with Gasteiger partial charge in [-0.2, -0.15) is 0 Å². The lowest BCUT2D eigenvalue weighted by molar-refractivity contribution is -0.117. The molecule has 0 fully saturated rings. The fourth-order valence-corrected chi connectivity index (χ4v) is 1.43. The summed E-state index contributed by atoms with van der Waals surface area (Å²) in [6.45, 7) is -0.565. The quantitative estimate of drug-likeness (QED) is 0.854. The van der Waals surface area contributed by atoms with Crippen molar-refractivity contribution >= 4 is 11.6 Å². The van der Waals surface area contributed by atoms with Crippen molar-refractivity contribution in [3.05, 3.63) is 41.7 Å². The number of hydrogen-bond donors (Lipinski definition) is 2. The van der Waals surface area contributed by atoms with E-state index in [1.807, 2.05) is 0 Å². The topological polar surface area (TPSA) is 80.0 Å². The molecule has 1 aromatic heterocycles. The zero-order valence-corrected chi connectivity index (χ0v) is 9.68. The first-order valence-corrected chi connectivity index (χ1v) is 5.34. The highest BCUT2D eigenvalue weighted by Crippen LogP contribution is 2.17. The largest absolute Gasteiger partial charge is 0.390 e. The second-order valence-electron chi connectivity index (χ2n) is 3.71. The molecular weight excluding hydrogens is 258 g/mol. The van der Waals surface area contributed by atoms with Crippen LogP contribution in [0.5, 0.6) is 0 Å². The van der Waals surface area contributed by atoms with Gasteiger partial charge in [0.2, 0.25) is 5.91 Å². The molecule has 0 spiro atoms. The summed E-state index contributed by atoms with van der Waals surface area (Å²) in [5.41, 5.74) is -0.208. The highest BCUT2D eigenvalue weighted by Gasteiger charge is 2.12. The van der Waals surface area contributed by atoms with Crippen LogP contribution in [0, 0.1) is 11.6 Å². The summed E-state index contributed by atoms with van der Waals surface area (Å²) in [5, 5.41) is 18.0. The molecule has 0 bridgehead atoms. The van der Waals surface area contributed by atoms with Gasteiger partial charge in [0.25, 0.3) is 0 Å². The first kappa shape index (κ1) is 13.1. The van der Waals surface area contributed by atoms with Crippen LogP contribution in [0.3, 0.4) is 0 Å². The molecule has 0 saturated carbocycles. The number of anilines is 1. The van der Waals surface area contributed by atoms with Gasteiger partial charge in [-0.15, -0.1) is 5.10 Å². The van der Waals surface area contributed by atoms with E-state index in [1.165, 1.54) is 12.3 Å². The molecule has 100 valence electrons. The SMILES string of the molecule is O=C(Cn1cc(CO)nn1)Nc1c(F)cccc1F. The molecule has 0 radical (unpaired) electrons. The van der Waals surface area contributed by atoms with Crippen molar-refractivity contribution in [3.8, 4) is 0 Å². The molecule has 0 saturated heterocycles. The number of halogens is 2. The molecule has 0 aliphatic carbocycles. The third-order valence-electron chi connectivity index (χ3n) is 2.28. The lowest BCUT2D eigenvalue weighted by Gasteiger charge is -2.06. The minimum atomic E-state index is -0.858. The Labute approximate surface area is 106 Å². The van der Waals surface area contributed by atoms with Gasteiger partial charge in [-0.1, -0.05) is 11.3 Å². The van der Waals surface area contributed by atoms with Crippen molar-refractivity contribution in [2.24, 2.45) is 0 Å². The van der Waals surface area contributed by atoms with Crippen LogP contribution in [0.2, 0.25) is 0 Å². The summed E-state index contributed by atoms with van der Waals surface area (Å²) in [5.74, 6) is -2.37. The van der Waals surface area contributed by atoms with Crippen LogP contribution in [-0.4, -0.2) is 26.0 Å². The van der Waals surface area contributed by atoms with Crippen molar-refractivity contribution in [1.82, 2.24) is 15.0 Å². The molecular formula is C11H10F2N4O2. The Bertz CT molecular complexity index is 580. The van der Waals surface area contributed by atoms with Gasteiger partial charge in [0.05, 0.1) is 12.8 Å². The molecule has 8 heteroatoms. The number of benzene rings is 1. The smallest absolute Gasteiger partial charge is 0.246 e. The van der Waals surface area contributed by atoms with Crippen molar-refractivity contribution in [2.75, 3.05) is 5.32 Å². The van der Waals surface area contributed by atoms with Gasteiger partial charge in [0, 0.05) is 0 Å². The van der Waals surface area contributed by atoms with E-state index < -0.39 is 23.2 Å². The lowest BCUT2D eigenvalue weighted by Crippen LogP contribution is -2.20. The third kappa shape index (κ3) is 3.10. The Kier molecular flexibility index (Phi) is 3.81. The van der Waals surface area contributed by atoms with Crippen LogP contribution in [0.25, 0.3) is 0 Å². The summed E-state index contributed by atoms with van der Waals surface area (Å²) >= 11 is 0. The zero-order chi connectivity index (χ0) is 13.8. The van der Waals surface area contributed by atoms with Gasteiger partial charge in [0.1, 0.15) is 29.6 Å². The molecule has 0 atom stereocenters. The number of aliphatic hydroxyl groups is 1. The molecule has 0 aliphatic rings. The van der Waals surface area contributed by atoms with Crippen molar-refractivity contribution < 1.29 is 18.7 Å². The van der Waals surface area contributed by atoms with E-state index in [4.69, 9.17) is 5.11 Å². The number of rotatable bonds is 4. The third-order valence-corrected chi connectivity index (χ3v) is 2.28. The summed E-state index contributed by atoms with van der Waals surface area (Å²) in [4.78, 5) is 11.6. The summed E-state index contributed by atoms with van der Waals surface area (Å²) < 4.78 is 27.7. The number of nitrogens with zero attached hydrogens (tertiary/aromatic N) is 3. The van der Waals surface area contributed by atoms with Gasteiger partial charge in [-0.3, -0.25) is 4.79 Å². The van der Waals surface area contributed by atoms with Crippen LogP contribution in [0.4, 0.5) is 14.5 Å². The van der Waals surface area contributed by atoms with Gasteiger partial charge >= 0.3 is 0 Å². The van der Waals surface area contributed by atoms with E-state index in [-0.39, 0.29) is 13.2 Å². The molecule has 0 aliphatic heterocycles. The standard InChI is InChI=1S/C11H10F2N4O2/c12-8-2-1-3-9(13)11(8)14-10(19)5-17-4-7(6-18)15-16-17/h1-4,18H,5-6H2,(H,14,19). The predicted octanol–water partition coefficient (Wildman–Crippen LogP) is 0.687. The average molecular weight is 268 g/mol. The summed E-state index contributed by atoms with van der Waals surface area (Å²) in [6.07, 6.45) is 1.36. The molecule has 2 rings (SSSR count). The average Bonchev–Trinajstić information content (AvgIpc) is 2.81. The van der Waals surface area contributed by atoms with E-state index >= 15 is 0 Å². The van der Waals surface area contributed by atoms with Crippen molar-refractivity contribution in [3.63, 3.8) is 0 Å². The summed E-state index contributed by atoms with van der Waals surface area (Å²) in [7, 11) is 0. The number of aromatic nitrogens is 3. The Morgan fingerprint density at radius 1 is 1.37 bits per heavy atom. The van der Waals surface area contributed by atoms with Crippen molar-refractivity contribution in [2.45, 2.75) is 13.2 Å². The van der Waals surface area contributed by atoms with Gasteiger partial charge < -0.3 is 10.4 Å². The van der Waals surface area contributed by atoms with E-state index in [2.05, 4.69) is 15.6 Å². The second kappa shape index (κ2) is 5.53. The first-order chi connectivity index (χ1) is 9.10. The Morgan fingerprint density at radius 2 is 2.05 bits per heavy atom. The number of aliphatic hydroxyl groups excluding tert-OH is 1. The predicted molar refractivity (Wildman–Crippen MR) is 60.9 cm³/mol. The van der Waals surface area contributed by atoms with Crippen LogP contribution < -0.4 is 5.32 Å². The fourth-order valence-electron chi connectivity index (χ4n) is 1.43. The van der Waals surface area contributed by atoms with Crippen LogP contribution in [0.15, 0.2) is 24.4 Å². The van der Waals surface area contributed by atoms with Gasteiger partial charge in [0.15, 0.2) is 0 Å². The van der Waals surface area contributed by atoms with Gasteiger partial charge in [-0.25, -0.2) is 13.5 Å². The first-order valence-electron chi connectivity index (χ1n) is 5.34. The number of carbonyl (C=O) groups excluding carboxylic acids is 1. The van der Waals surface area contributed by atoms with E-state index in [1.54, 1.807) is 0 Å². The Morgan fingerprint density at radius 3 is 2.63 bits per heavy atom. The zero-order valence-electron chi connectivity index (χ0n) is 9.68. The maximum Gasteiger partial charge on any atom is 0.246 e. The molecule has 19 heavy (non-hydrogen) atoms. The lowest BCUT2D eigenvalue weighted by atomic mass is 10.3. The molecule has 1 aromatic carbocycles. The number of carbonyl (C=O) groups is 1. The monoisotopic (exact) mass is 268 g/mol. The van der Waals surface area contributed by atoms with E-state index in [0.717, 1.165) is 16.8 Å². The minimum Gasteiger partial charge on any atom is -0.390 e. The van der Waals surface area contributed by atoms with Gasteiger partial charge in [-0.05, 0) is 12.1 Å². The molecule has 2 N–H and O–H groups in total. The number of hydrogen-bond acceptors (Lipinski definition) is 4. The maximum atomic E-state index is 13.3. The van der Waals surface area contributed by atoms with Crippen molar-refractivity contribution in [1.29, 1.82) is 0 Å². The fraction of sp³-hybridized carbons (Fsp3) is 0.182. The number of nitrogens with one attached hydrogen (secondary N) is 1. The van der Waals surface area contributed by atoms with Crippen LogP contribution >= 0.6 is 0 Å². The highest BCUT2D eigenvalue weighted by molar-refractivity contribution is 5.90. The van der Waals surface area contributed by atoms with E-state index in [9.17, 15) is 13.6 Å². The van der Waals surface area contributed by atoms with Crippen LogP contribution in [-0.2, 0) is 17.9 Å². The minimum absolute atomic E-state index is 0.263. The van der Waals surface area contributed by atoms with Crippen LogP contribution in [0.1, 0.15) is 5.69 Å². The highest BCUT2D eigenvalue weighted by atomic mass is 19.1.